The molecule has 1 heterocycles. The predicted octanol–water partition coefficient (Wildman–Crippen LogP) is 4.55. The van der Waals surface area contributed by atoms with E-state index in [-0.39, 0.29) is 17.3 Å². The highest BCUT2D eigenvalue weighted by Gasteiger charge is 2.24. The highest BCUT2D eigenvalue weighted by atomic mass is 32.1. The van der Waals surface area contributed by atoms with Crippen LogP contribution >= 0.6 is 11.3 Å². The number of nitrogens with one attached hydrogen (secondary N) is 1. The number of halogens is 1. The normalized spacial score (nSPS) is 10.2. The molecule has 0 bridgehead atoms. The Bertz CT molecular complexity index is 802. The van der Waals surface area contributed by atoms with Crippen molar-refractivity contribution >= 4 is 28.2 Å². The van der Waals surface area contributed by atoms with Gasteiger partial charge in [0.05, 0.1) is 7.11 Å². The van der Waals surface area contributed by atoms with Gasteiger partial charge in [0, 0.05) is 16.5 Å². The zero-order valence-corrected chi connectivity index (χ0v) is 14.7. The zero-order valence-electron chi connectivity index (χ0n) is 13.9. The van der Waals surface area contributed by atoms with Gasteiger partial charge in [0.15, 0.2) is 0 Å². The summed E-state index contributed by atoms with van der Waals surface area (Å²) in [7, 11) is 1.28. The minimum absolute atomic E-state index is 0.280. The molecule has 2 aromatic rings. The summed E-state index contributed by atoms with van der Waals surface area (Å²) < 4.78 is 18.0. The first-order valence-electron chi connectivity index (χ1n) is 7.27. The van der Waals surface area contributed by atoms with E-state index in [1.54, 1.807) is 12.1 Å². The van der Waals surface area contributed by atoms with E-state index >= 15 is 0 Å². The Balaban J connectivity index is 2.55. The second-order valence-electron chi connectivity index (χ2n) is 5.45. The number of hydrogen-bond acceptors (Lipinski definition) is 4. The lowest BCUT2D eigenvalue weighted by Gasteiger charge is -2.07. The van der Waals surface area contributed by atoms with Crippen molar-refractivity contribution in [2.75, 3.05) is 12.4 Å². The lowest BCUT2D eigenvalue weighted by molar-refractivity contribution is -0.111. The predicted molar refractivity (Wildman–Crippen MR) is 93.9 cm³/mol. The number of carbonyl (C=O) groups excluding carboxylic acids is 2. The van der Waals surface area contributed by atoms with Crippen LogP contribution in [0.4, 0.5) is 9.39 Å². The quantitative estimate of drug-likeness (QED) is 0.652. The van der Waals surface area contributed by atoms with Crippen LogP contribution in [0.15, 0.2) is 35.9 Å². The molecule has 6 heteroatoms. The Hall–Kier alpha value is -2.47. The number of rotatable bonds is 4. The smallest absolute Gasteiger partial charge is 0.341 e. The number of methoxy groups -OCH3 is 1. The van der Waals surface area contributed by atoms with Crippen LogP contribution in [0.5, 0.6) is 0 Å². The van der Waals surface area contributed by atoms with E-state index in [0.717, 1.165) is 10.5 Å². The van der Waals surface area contributed by atoms with Gasteiger partial charge in [0.25, 0.3) is 0 Å². The van der Waals surface area contributed by atoms with Crippen molar-refractivity contribution in [3.63, 3.8) is 0 Å². The Kier molecular flexibility index (Phi) is 5.51. The third-order valence-corrected chi connectivity index (χ3v) is 4.28. The van der Waals surface area contributed by atoms with Gasteiger partial charge in [-0.2, -0.15) is 0 Å². The summed E-state index contributed by atoms with van der Waals surface area (Å²) in [6.45, 7) is 5.46. The minimum Gasteiger partial charge on any atom is -0.465 e. The van der Waals surface area contributed by atoms with Gasteiger partial charge < -0.3 is 10.1 Å². The van der Waals surface area contributed by atoms with E-state index < -0.39 is 5.97 Å². The molecule has 1 aromatic carbocycles. The average Bonchev–Trinajstić information content (AvgIpc) is 2.82. The standard InChI is InChI=1S/C18H18FNO3S/c1-10(2)9-14(21)20-17-16(18(22)23-4)15(11(3)24-17)12-5-7-13(19)8-6-12/h5-9H,1-4H3,(H,20,21). The van der Waals surface area contributed by atoms with Gasteiger partial charge >= 0.3 is 5.97 Å². The van der Waals surface area contributed by atoms with Gasteiger partial charge in [0.1, 0.15) is 16.4 Å². The van der Waals surface area contributed by atoms with Crippen LogP contribution in [0.1, 0.15) is 29.1 Å². The van der Waals surface area contributed by atoms with Crippen LogP contribution < -0.4 is 5.32 Å². The fourth-order valence-electron chi connectivity index (χ4n) is 2.30. The molecule has 0 aliphatic carbocycles. The van der Waals surface area contributed by atoms with Crippen molar-refractivity contribution in [2.24, 2.45) is 0 Å². The number of anilines is 1. The zero-order chi connectivity index (χ0) is 17.9. The van der Waals surface area contributed by atoms with E-state index in [0.29, 0.717) is 16.1 Å². The third kappa shape index (κ3) is 3.89. The molecule has 0 aliphatic heterocycles. The van der Waals surface area contributed by atoms with Gasteiger partial charge in [-0.05, 0) is 38.5 Å². The maximum absolute atomic E-state index is 13.2. The Morgan fingerprint density at radius 3 is 2.38 bits per heavy atom. The lowest BCUT2D eigenvalue weighted by Crippen LogP contribution is -2.12. The second-order valence-corrected chi connectivity index (χ2v) is 6.67. The number of esters is 1. The highest BCUT2D eigenvalue weighted by molar-refractivity contribution is 7.17. The van der Waals surface area contributed by atoms with Gasteiger partial charge in [0.2, 0.25) is 5.91 Å². The maximum atomic E-state index is 13.2. The van der Waals surface area contributed by atoms with Gasteiger partial charge in [-0.15, -0.1) is 11.3 Å². The molecule has 126 valence electrons. The fraction of sp³-hybridized carbons (Fsp3) is 0.222. The summed E-state index contributed by atoms with van der Waals surface area (Å²) in [5, 5.41) is 3.15. The summed E-state index contributed by atoms with van der Waals surface area (Å²) in [4.78, 5) is 25.1. The Labute approximate surface area is 144 Å². The summed E-state index contributed by atoms with van der Waals surface area (Å²) in [5.41, 5.74) is 2.45. The average molecular weight is 347 g/mol. The van der Waals surface area contributed by atoms with Crippen molar-refractivity contribution in [1.82, 2.24) is 0 Å². The number of thiophene rings is 1. The number of ether oxygens (including phenoxy) is 1. The van der Waals surface area contributed by atoms with E-state index in [9.17, 15) is 14.0 Å². The van der Waals surface area contributed by atoms with E-state index in [2.05, 4.69) is 5.32 Å². The van der Waals surface area contributed by atoms with Crippen LogP contribution in [0.25, 0.3) is 11.1 Å². The lowest BCUT2D eigenvalue weighted by atomic mass is 10.0. The van der Waals surface area contributed by atoms with Crippen LogP contribution in [0.2, 0.25) is 0 Å². The Morgan fingerprint density at radius 1 is 1.21 bits per heavy atom. The van der Waals surface area contributed by atoms with Gasteiger partial charge in [-0.3, -0.25) is 4.79 Å². The van der Waals surface area contributed by atoms with E-state index in [1.807, 2.05) is 20.8 Å². The molecule has 0 spiro atoms. The van der Waals surface area contributed by atoms with Crippen molar-refractivity contribution in [3.05, 3.63) is 52.2 Å². The number of hydrogen-bond donors (Lipinski definition) is 1. The summed E-state index contributed by atoms with van der Waals surface area (Å²) in [5.74, 6) is -1.22. The molecular weight excluding hydrogens is 329 g/mol. The van der Waals surface area contributed by atoms with Crippen LogP contribution in [-0.4, -0.2) is 19.0 Å². The van der Waals surface area contributed by atoms with Gasteiger partial charge in [-0.1, -0.05) is 17.7 Å². The summed E-state index contributed by atoms with van der Waals surface area (Å²) >= 11 is 1.28. The van der Waals surface area contributed by atoms with Crippen molar-refractivity contribution < 1.29 is 18.7 Å². The number of benzene rings is 1. The van der Waals surface area contributed by atoms with E-state index in [1.165, 1.54) is 36.7 Å². The molecule has 1 amide bonds. The largest absolute Gasteiger partial charge is 0.465 e. The minimum atomic E-state index is -0.550. The van der Waals surface area contributed by atoms with Gasteiger partial charge in [-0.25, -0.2) is 9.18 Å². The van der Waals surface area contributed by atoms with Crippen LogP contribution in [0, 0.1) is 12.7 Å². The molecule has 0 radical (unpaired) electrons. The van der Waals surface area contributed by atoms with Crippen molar-refractivity contribution in [2.45, 2.75) is 20.8 Å². The monoisotopic (exact) mass is 347 g/mol. The number of aryl methyl sites for hydroxylation is 1. The first-order chi connectivity index (χ1) is 11.3. The molecule has 0 atom stereocenters. The third-order valence-electron chi connectivity index (χ3n) is 3.26. The molecule has 24 heavy (non-hydrogen) atoms. The van der Waals surface area contributed by atoms with Crippen LogP contribution in [-0.2, 0) is 9.53 Å². The van der Waals surface area contributed by atoms with E-state index in [4.69, 9.17) is 4.74 Å². The Morgan fingerprint density at radius 2 is 1.83 bits per heavy atom. The summed E-state index contributed by atoms with van der Waals surface area (Å²) in [6.07, 6.45) is 1.45. The number of amides is 1. The molecule has 0 unspecified atom stereocenters. The molecule has 0 saturated heterocycles. The second kappa shape index (κ2) is 7.40. The fourth-order valence-corrected chi connectivity index (χ4v) is 3.37. The topological polar surface area (TPSA) is 55.4 Å². The molecule has 0 fully saturated rings. The maximum Gasteiger partial charge on any atom is 0.341 e. The number of carbonyl (C=O) groups is 2. The molecule has 4 nitrogen and oxygen atoms in total. The highest BCUT2D eigenvalue weighted by Crippen LogP contribution is 2.40. The molecule has 2 rings (SSSR count). The number of allylic oxidation sites excluding steroid dienone is 1. The first kappa shape index (κ1) is 17.9. The SMILES string of the molecule is COC(=O)c1c(NC(=O)C=C(C)C)sc(C)c1-c1ccc(F)cc1. The molecule has 1 N–H and O–H groups in total. The molecule has 1 aromatic heterocycles. The first-order valence-corrected chi connectivity index (χ1v) is 8.08. The molecular formula is C18H18FNO3S. The van der Waals surface area contributed by atoms with Crippen LogP contribution in [0.3, 0.4) is 0 Å². The molecule has 0 saturated carbocycles. The summed E-state index contributed by atoms with van der Waals surface area (Å²) in [6, 6.07) is 5.85. The van der Waals surface area contributed by atoms with Crippen molar-refractivity contribution in [1.29, 1.82) is 0 Å². The van der Waals surface area contributed by atoms with Crippen molar-refractivity contribution in [3.8, 4) is 11.1 Å². The molecule has 0 aliphatic rings.